The first-order chi connectivity index (χ1) is 13.2. The van der Waals surface area contributed by atoms with E-state index in [1.54, 1.807) is 0 Å². The number of fused-ring (bicyclic) bond motifs is 2. The van der Waals surface area contributed by atoms with Crippen LogP contribution in [0.15, 0.2) is 81.4 Å². The van der Waals surface area contributed by atoms with Crippen molar-refractivity contribution in [3.8, 4) is 0 Å². The van der Waals surface area contributed by atoms with Crippen molar-refractivity contribution < 1.29 is 54.0 Å². The molecule has 2 heterocycles. The van der Waals surface area contributed by atoms with E-state index in [0.29, 0.717) is 3.63 Å². The first kappa shape index (κ1) is 23.9. The summed E-state index contributed by atoms with van der Waals surface area (Å²) in [7, 11) is 0. The minimum Gasteiger partial charge on any atom is -1.00 e. The molecule has 2 aliphatic carbocycles. The van der Waals surface area contributed by atoms with Crippen LogP contribution in [0.1, 0.15) is 46.5 Å². The summed E-state index contributed by atoms with van der Waals surface area (Å²) < 4.78 is 6.39. The van der Waals surface area contributed by atoms with Crippen LogP contribution in [-0.4, -0.2) is 5.71 Å². The van der Waals surface area contributed by atoms with Gasteiger partial charge in [-0.1, -0.05) is 19.1 Å². The number of rotatable bonds is 3. The Morgan fingerprint density at radius 2 is 1.79 bits per heavy atom. The van der Waals surface area contributed by atoms with Crippen LogP contribution in [0.25, 0.3) is 11.6 Å². The van der Waals surface area contributed by atoms with Crippen molar-refractivity contribution >= 4 is 17.4 Å². The first-order valence-electron chi connectivity index (χ1n) is 9.48. The molecule has 0 fully saturated rings. The van der Waals surface area contributed by atoms with Gasteiger partial charge in [0.1, 0.15) is 0 Å². The van der Waals surface area contributed by atoms with Crippen LogP contribution in [0.5, 0.6) is 0 Å². The molecule has 1 aromatic carbocycles. The standard InChI is InChI=1S/C15H13O.C9H9N.2ClH.Zr/c1-2-14-7-8-15(16-14)13-9-11-5-3-4-6-12(11)10-13;1-2-8-6-7-4-3-5-9(7)10-8;;;/h3-10H,2H2,1H3;3-6H,2H2,1H3;2*1H;/q;;;;+2/p-2. The molecule has 0 bridgehead atoms. The smallest absolute Gasteiger partial charge is 1.00 e. The van der Waals surface area contributed by atoms with Gasteiger partial charge in [-0.2, -0.15) is 0 Å². The molecule has 0 saturated heterocycles. The molecule has 0 amide bonds. The van der Waals surface area contributed by atoms with E-state index < -0.39 is 0 Å². The Morgan fingerprint density at radius 3 is 2.45 bits per heavy atom. The molecular formula is C24H22Cl2NOZr. The Hall–Kier alpha value is -1.41. The van der Waals surface area contributed by atoms with E-state index in [9.17, 15) is 0 Å². The third kappa shape index (κ3) is 5.02. The summed E-state index contributed by atoms with van der Waals surface area (Å²) in [6, 6.07) is 12.8. The van der Waals surface area contributed by atoms with Gasteiger partial charge in [-0.15, -0.1) is 0 Å². The number of nitrogens with zero attached hydrogens (tertiary/aromatic N) is 1. The zero-order chi connectivity index (χ0) is 18.8. The molecule has 2 nitrogen and oxygen atoms in total. The van der Waals surface area contributed by atoms with Crippen LogP contribution in [0.2, 0.25) is 0 Å². The Morgan fingerprint density at radius 1 is 1.00 bits per heavy atom. The minimum atomic E-state index is 0. The predicted octanol–water partition coefficient (Wildman–Crippen LogP) is 0.223. The van der Waals surface area contributed by atoms with Gasteiger partial charge in [0.25, 0.3) is 0 Å². The van der Waals surface area contributed by atoms with Gasteiger partial charge in [0.05, 0.1) is 5.70 Å². The Kier molecular flexibility index (Phi) is 8.70. The van der Waals surface area contributed by atoms with Crippen LogP contribution >= 0.6 is 0 Å². The summed E-state index contributed by atoms with van der Waals surface area (Å²) >= 11 is 1.52. The molecule has 1 unspecified atom stereocenters. The minimum absolute atomic E-state index is 0. The molecule has 5 rings (SSSR count). The van der Waals surface area contributed by atoms with Gasteiger partial charge in [0.15, 0.2) is 0 Å². The van der Waals surface area contributed by atoms with E-state index in [4.69, 9.17) is 4.42 Å². The van der Waals surface area contributed by atoms with E-state index >= 15 is 0 Å². The van der Waals surface area contributed by atoms with E-state index in [1.807, 2.05) is 6.08 Å². The fourth-order valence-corrected chi connectivity index (χ4v) is 4.66. The summed E-state index contributed by atoms with van der Waals surface area (Å²) in [5.74, 6) is 2.11. The molecule has 0 spiro atoms. The van der Waals surface area contributed by atoms with E-state index in [0.717, 1.165) is 30.1 Å². The Balaban J connectivity index is 0.000000216. The van der Waals surface area contributed by atoms with Crippen LogP contribution in [-0.2, 0) is 31.1 Å². The maximum Gasteiger partial charge on any atom is -1.00 e. The molecule has 29 heavy (non-hydrogen) atoms. The number of halogens is 2. The normalized spacial score (nSPS) is 17.6. The van der Waals surface area contributed by atoms with Crippen molar-refractivity contribution in [1.82, 2.24) is 0 Å². The number of furan rings is 1. The number of aryl methyl sites for hydroxylation is 1. The van der Waals surface area contributed by atoms with E-state index in [-0.39, 0.29) is 24.8 Å². The van der Waals surface area contributed by atoms with Gasteiger partial charge in [-0.25, -0.2) is 0 Å². The maximum atomic E-state index is 5.86. The molecule has 3 aliphatic rings. The Labute approximate surface area is 200 Å². The number of allylic oxidation sites excluding steroid dienone is 5. The number of aliphatic imine (C=N–C) groups is 1. The quantitative estimate of drug-likeness (QED) is 0.590. The molecule has 1 aliphatic heterocycles. The third-order valence-corrected chi connectivity index (χ3v) is 6.53. The average Bonchev–Trinajstić information content (AvgIpc) is 3.45. The number of benzene rings is 1. The molecule has 147 valence electrons. The first-order valence-corrected chi connectivity index (χ1v) is 10.9. The topological polar surface area (TPSA) is 25.5 Å². The molecule has 0 radical (unpaired) electrons. The molecule has 0 saturated carbocycles. The van der Waals surface area contributed by atoms with Gasteiger partial charge in [0, 0.05) is 11.3 Å². The van der Waals surface area contributed by atoms with Gasteiger partial charge in [-0.05, 0) is 18.6 Å². The summed E-state index contributed by atoms with van der Waals surface area (Å²) in [5.41, 5.74) is 7.73. The average molecular weight is 503 g/mol. The summed E-state index contributed by atoms with van der Waals surface area (Å²) in [4.78, 5) is 4.39. The number of hydrogen-bond donors (Lipinski definition) is 0. The van der Waals surface area contributed by atoms with Gasteiger partial charge >= 0.3 is 117 Å². The van der Waals surface area contributed by atoms with Crippen LogP contribution in [0.4, 0.5) is 0 Å². The van der Waals surface area contributed by atoms with Crippen LogP contribution in [0.3, 0.4) is 0 Å². The third-order valence-electron chi connectivity index (χ3n) is 5.00. The zero-order valence-electron chi connectivity index (χ0n) is 16.5. The molecule has 1 atom stereocenters. The van der Waals surface area contributed by atoms with Crippen molar-refractivity contribution in [2.45, 2.75) is 30.3 Å². The van der Waals surface area contributed by atoms with Crippen molar-refractivity contribution in [3.63, 3.8) is 0 Å². The SMILES string of the molecule is CCC1=NC2=CC=CC2=C1.CCc1ccc(C2=Cc3ccccc3[CH]2[Zr+2])o1.[Cl-].[Cl-]. The monoisotopic (exact) mass is 500 g/mol. The summed E-state index contributed by atoms with van der Waals surface area (Å²) in [5, 5.41) is 0. The summed E-state index contributed by atoms with van der Waals surface area (Å²) in [6.07, 6.45) is 12.6. The fourth-order valence-electron chi connectivity index (χ4n) is 3.46. The van der Waals surface area contributed by atoms with Crippen molar-refractivity contribution in [2.24, 2.45) is 4.99 Å². The van der Waals surface area contributed by atoms with E-state index in [2.05, 4.69) is 79.5 Å². The second-order valence-corrected chi connectivity index (χ2v) is 8.17. The molecule has 5 heteroatoms. The van der Waals surface area contributed by atoms with Crippen LogP contribution < -0.4 is 24.8 Å². The second-order valence-electron chi connectivity index (χ2n) is 6.75. The van der Waals surface area contributed by atoms with Crippen molar-refractivity contribution in [3.05, 3.63) is 94.6 Å². The Bertz CT molecular complexity index is 1030. The summed E-state index contributed by atoms with van der Waals surface area (Å²) in [6.45, 7) is 4.25. The van der Waals surface area contributed by atoms with Gasteiger partial charge < -0.3 is 24.8 Å². The van der Waals surface area contributed by atoms with Gasteiger partial charge in [-0.3, -0.25) is 4.99 Å². The van der Waals surface area contributed by atoms with Gasteiger partial charge in [0.2, 0.25) is 0 Å². The predicted molar refractivity (Wildman–Crippen MR) is 108 cm³/mol. The zero-order valence-corrected chi connectivity index (χ0v) is 20.4. The fraction of sp³-hybridized carbons (Fsp3) is 0.208. The van der Waals surface area contributed by atoms with E-state index in [1.165, 1.54) is 52.7 Å². The molecule has 1 aromatic heterocycles. The number of hydrogen-bond acceptors (Lipinski definition) is 2. The second kappa shape index (κ2) is 10.6. The molecule has 0 N–H and O–H groups in total. The largest absolute Gasteiger partial charge is 1.00 e. The maximum absolute atomic E-state index is 5.86. The van der Waals surface area contributed by atoms with Crippen LogP contribution in [0, 0.1) is 0 Å². The molecule has 2 aromatic rings. The van der Waals surface area contributed by atoms with Crippen molar-refractivity contribution in [1.29, 1.82) is 0 Å². The van der Waals surface area contributed by atoms with Crippen molar-refractivity contribution in [2.75, 3.05) is 0 Å². The molecular weight excluding hydrogens is 480 g/mol.